The maximum Gasteiger partial charge on any atom is 0.246 e. The van der Waals surface area contributed by atoms with Crippen LogP contribution >= 0.6 is 0 Å². The summed E-state index contributed by atoms with van der Waals surface area (Å²) in [5, 5.41) is 0. The molecule has 0 aliphatic carbocycles. The lowest BCUT2D eigenvalue weighted by Crippen LogP contribution is -2.54. The Hall–Kier alpha value is -2.01. The van der Waals surface area contributed by atoms with Gasteiger partial charge in [-0.05, 0) is 23.8 Å². The lowest BCUT2D eigenvalue weighted by molar-refractivity contribution is -0.187. The minimum Gasteiger partial charge on any atom is -0.347 e. The number of carbonyl (C=O) groups excluding carboxylic acids is 2. The number of anilines is 1. The molecule has 1 aromatic rings. The first-order chi connectivity index (χ1) is 15.2. The van der Waals surface area contributed by atoms with Crippen LogP contribution in [0, 0.1) is 0 Å². The molecule has 0 saturated carbocycles. The van der Waals surface area contributed by atoms with Gasteiger partial charge in [0.15, 0.2) is 5.79 Å². The highest BCUT2D eigenvalue weighted by molar-refractivity contribution is 7.89. The van der Waals surface area contributed by atoms with E-state index in [0.29, 0.717) is 69.9 Å². The van der Waals surface area contributed by atoms with E-state index in [1.807, 2.05) is 0 Å². The van der Waals surface area contributed by atoms with Gasteiger partial charge in [0.2, 0.25) is 21.8 Å². The van der Waals surface area contributed by atoms with Crippen LogP contribution in [0.5, 0.6) is 0 Å². The van der Waals surface area contributed by atoms with Gasteiger partial charge in [0.05, 0.1) is 18.1 Å². The average molecular weight is 466 g/mol. The SMILES string of the molecule is CCN(CC)S(=O)(=O)c1ccc2c(c1)C[C@@H](C(=O)N1CCC3(CC1)OCCO3)N2C(C)=O. The van der Waals surface area contributed by atoms with Crippen LogP contribution in [0.1, 0.15) is 39.2 Å². The molecule has 0 aromatic heterocycles. The molecule has 1 aromatic carbocycles. The number of hydrogen-bond acceptors (Lipinski definition) is 6. The predicted octanol–water partition coefficient (Wildman–Crippen LogP) is 1.36. The Morgan fingerprint density at radius 1 is 1.12 bits per heavy atom. The molecule has 10 heteroatoms. The highest BCUT2D eigenvalue weighted by atomic mass is 32.2. The van der Waals surface area contributed by atoms with Crippen LogP contribution in [0.15, 0.2) is 23.1 Å². The van der Waals surface area contributed by atoms with Crippen molar-refractivity contribution in [1.82, 2.24) is 9.21 Å². The lowest BCUT2D eigenvalue weighted by Gasteiger charge is -2.39. The number of carbonyl (C=O) groups is 2. The monoisotopic (exact) mass is 465 g/mol. The van der Waals surface area contributed by atoms with Crippen molar-refractivity contribution in [3.05, 3.63) is 23.8 Å². The quantitative estimate of drug-likeness (QED) is 0.652. The molecule has 32 heavy (non-hydrogen) atoms. The van der Waals surface area contributed by atoms with Crippen molar-refractivity contribution in [3.8, 4) is 0 Å². The first kappa shape index (κ1) is 23.2. The van der Waals surface area contributed by atoms with Gasteiger partial charge in [-0.1, -0.05) is 13.8 Å². The van der Waals surface area contributed by atoms with E-state index < -0.39 is 21.9 Å². The molecule has 3 aliphatic heterocycles. The van der Waals surface area contributed by atoms with Gasteiger partial charge in [0, 0.05) is 58.1 Å². The third kappa shape index (κ3) is 3.93. The van der Waals surface area contributed by atoms with Crippen molar-refractivity contribution in [2.45, 2.75) is 56.8 Å². The van der Waals surface area contributed by atoms with Crippen LogP contribution in [0.2, 0.25) is 0 Å². The van der Waals surface area contributed by atoms with Gasteiger partial charge >= 0.3 is 0 Å². The Balaban J connectivity index is 1.56. The Labute approximate surface area is 189 Å². The number of amides is 2. The summed E-state index contributed by atoms with van der Waals surface area (Å²) in [6.45, 7) is 7.92. The van der Waals surface area contributed by atoms with Crippen LogP contribution in [-0.2, 0) is 35.5 Å². The molecule has 2 amide bonds. The number of likely N-dealkylation sites (tertiary alicyclic amines) is 1. The van der Waals surface area contributed by atoms with Crippen molar-refractivity contribution in [2.24, 2.45) is 0 Å². The molecule has 0 radical (unpaired) electrons. The molecule has 2 saturated heterocycles. The number of hydrogen-bond donors (Lipinski definition) is 0. The molecule has 0 N–H and O–H groups in total. The van der Waals surface area contributed by atoms with Gasteiger partial charge in [-0.2, -0.15) is 4.31 Å². The molecule has 1 atom stereocenters. The molecule has 3 aliphatic rings. The molecule has 4 rings (SSSR count). The molecule has 9 nitrogen and oxygen atoms in total. The zero-order chi connectivity index (χ0) is 23.1. The first-order valence-corrected chi connectivity index (χ1v) is 12.7. The third-order valence-corrected chi connectivity index (χ3v) is 8.70. The standard InChI is InChI=1S/C22H31N3O6S/c1-4-24(5-2)32(28,29)18-6-7-19-17(14-18)15-20(25(19)16(3)26)21(27)23-10-8-22(9-11-23)30-12-13-31-22/h6-7,14,20H,4-5,8-13,15H2,1-3H3/t20-/m0/s1. The molecule has 176 valence electrons. The Morgan fingerprint density at radius 3 is 2.31 bits per heavy atom. The summed E-state index contributed by atoms with van der Waals surface area (Å²) in [7, 11) is -3.62. The summed E-state index contributed by atoms with van der Waals surface area (Å²) >= 11 is 0. The molecule has 3 heterocycles. The molecule has 0 unspecified atom stereocenters. The number of rotatable bonds is 5. The van der Waals surface area contributed by atoms with Crippen molar-refractivity contribution in [3.63, 3.8) is 0 Å². The van der Waals surface area contributed by atoms with E-state index >= 15 is 0 Å². The zero-order valence-corrected chi connectivity index (χ0v) is 19.7. The minimum atomic E-state index is -3.62. The number of piperidine rings is 1. The number of fused-ring (bicyclic) bond motifs is 1. The minimum absolute atomic E-state index is 0.127. The second kappa shape index (κ2) is 8.74. The molecule has 0 bridgehead atoms. The van der Waals surface area contributed by atoms with E-state index in [1.54, 1.807) is 30.9 Å². The van der Waals surface area contributed by atoms with Gasteiger partial charge in [-0.15, -0.1) is 0 Å². The lowest BCUT2D eigenvalue weighted by atomic mass is 10.0. The van der Waals surface area contributed by atoms with E-state index in [1.165, 1.54) is 22.2 Å². The van der Waals surface area contributed by atoms with Gasteiger partial charge in [0.1, 0.15) is 6.04 Å². The van der Waals surface area contributed by atoms with E-state index in [0.717, 1.165) is 0 Å². The first-order valence-electron chi connectivity index (χ1n) is 11.2. The fraction of sp³-hybridized carbons (Fsp3) is 0.636. The van der Waals surface area contributed by atoms with Crippen LogP contribution < -0.4 is 4.90 Å². The zero-order valence-electron chi connectivity index (χ0n) is 18.9. The second-order valence-electron chi connectivity index (χ2n) is 8.42. The van der Waals surface area contributed by atoms with E-state index in [2.05, 4.69) is 0 Å². The summed E-state index contributed by atoms with van der Waals surface area (Å²) in [6, 6.07) is 4.10. The molecular weight excluding hydrogens is 434 g/mol. The van der Waals surface area contributed by atoms with Crippen molar-refractivity contribution < 1.29 is 27.5 Å². The molecule has 1 spiro atoms. The summed E-state index contributed by atoms with van der Waals surface area (Å²) < 4.78 is 38.8. The summed E-state index contributed by atoms with van der Waals surface area (Å²) in [5.74, 6) is -0.946. The van der Waals surface area contributed by atoms with Crippen LogP contribution in [0.4, 0.5) is 5.69 Å². The van der Waals surface area contributed by atoms with E-state index in [4.69, 9.17) is 9.47 Å². The topological polar surface area (TPSA) is 96.5 Å². The van der Waals surface area contributed by atoms with Crippen LogP contribution in [0.3, 0.4) is 0 Å². The van der Waals surface area contributed by atoms with E-state index in [9.17, 15) is 18.0 Å². The average Bonchev–Trinajstić information content (AvgIpc) is 3.38. The van der Waals surface area contributed by atoms with Crippen molar-refractivity contribution in [2.75, 3.05) is 44.3 Å². The highest BCUT2D eigenvalue weighted by Gasteiger charge is 2.44. The Morgan fingerprint density at radius 2 is 1.75 bits per heavy atom. The fourth-order valence-electron chi connectivity index (χ4n) is 4.95. The van der Waals surface area contributed by atoms with Crippen LogP contribution in [0.25, 0.3) is 0 Å². The van der Waals surface area contributed by atoms with Crippen molar-refractivity contribution in [1.29, 1.82) is 0 Å². The number of nitrogens with zero attached hydrogens (tertiary/aromatic N) is 3. The second-order valence-corrected chi connectivity index (χ2v) is 10.4. The number of ether oxygens (including phenoxy) is 2. The fourth-order valence-corrected chi connectivity index (χ4v) is 6.46. The Kier molecular flexibility index (Phi) is 6.32. The van der Waals surface area contributed by atoms with Gasteiger partial charge in [0.25, 0.3) is 0 Å². The number of sulfonamides is 1. The molecule has 2 fully saturated rings. The maximum absolute atomic E-state index is 13.4. The Bertz CT molecular complexity index is 991. The highest BCUT2D eigenvalue weighted by Crippen LogP contribution is 2.37. The summed E-state index contributed by atoms with van der Waals surface area (Å²) in [5.41, 5.74) is 1.30. The maximum atomic E-state index is 13.4. The van der Waals surface area contributed by atoms with Gasteiger partial charge in [-0.25, -0.2) is 8.42 Å². The van der Waals surface area contributed by atoms with Gasteiger partial charge in [-0.3, -0.25) is 14.5 Å². The predicted molar refractivity (Wildman–Crippen MR) is 118 cm³/mol. The summed E-state index contributed by atoms with van der Waals surface area (Å²) in [4.78, 5) is 29.3. The third-order valence-electron chi connectivity index (χ3n) is 6.65. The smallest absolute Gasteiger partial charge is 0.246 e. The number of benzene rings is 1. The van der Waals surface area contributed by atoms with Crippen LogP contribution in [-0.4, -0.2) is 80.7 Å². The van der Waals surface area contributed by atoms with Crippen molar-refractivity contribution >= 4 is 27.5 Å². The molecular formula is C22H31N3O6S. The largest absolute Gasteiger partial charge is 0.347 e. The van der Waals surface area contributed by atoms with E-state index in [-0.39, 0.29) is 16.7 Å². The normalized spacial score (nSPS) is 22.6. The summed E-state index contributed by atoms with van der Waals surface area (Å²) in [6.07, 6.45) is 1.50. The van der Waals surface area contributed by atoms with Gasteiger partial charge < -0.3 is 14.4 Å².